The van der Waals surface area contributed by atoms with Gasteiger partial charge in [0.1, 0.15) is 5.75 Å². The van der Waals surface area contributed by atoms with Crippen molar-refractivity contribution < 1.29 is 4.74 Å². The minimum Gasteiger partial charge on any atom is -0.496 e. The fourth-order valence-electron chi connectivity index (χ4n) is 3.86. The lowest BCUT2D eigenvalue weighted by atomic mass is 9.72. The van der Waals surface area contributed by atoms with Crippen LogP contribution in [0.5, 0.6) is 5.75 Å². The maximum absolute atomic E-state index is 5.95. The Morgan fingerprint density at radius 2 is 1.90 bits per heavy atom. The fourth-order valence-corrected chi connectivity index (χ4v) is 3.86. The Bertz CT molecular complexity index is 464. The molecule has 1 aliphatic carbocycles. The van der Waals surface area contributed by atoms with E-state index in [1.165, 1.54) is 48.8 Å². The van der Waals surface area contributed by atoms with E-state index >= 15 is 0 Å². The minimum absolute atomic E-state index is 0.236. The van der Waals surface area contributed by atoms with E-state index in [0.717, 1.165) is 5.75 Å². The summed E-state index contributed by atoms with van der Waals surface area (Å²) in [5.74, 6) is 6.91. The molecule has 112 valence electrons. The Morgan fingerprint density at radius 3 is 2.40 bits per heavy atom. The second-order valence-electron chi connectivity index (χ2n) is 6.20. The Hall–Kier alpha value is -1.06. The first-order valence-electron chi connectivity index (χ1n) is 7.69. The van der Waals surface area contributed by atoms with Crippen molar-refractivity contribution >= 4 is 0 Å². The second-order valence-corrected chi connectivity index (χ2v) is 6.20. The number of hydrogen-bond donors (Lipinski definition) is 2. The molecule has 2 rings (SSSR count). The van der Waals surface area contributed by atoms with Gasteiger partial charge in [0.25, 0.3) is 0 Å². The lowest BCUT2D eigenvalue weighted by molar-refractivity contribution is 0.187. The molecule has 1 aliphatic rings. The summed E-state index contributed by atoms with van der Waals surface area (Å²) in [6.07, 6.45) is 6.35. The summed E-state index contributed by atoms with van der Waals surface area (Å²) >= 11 is 0. The van der Waals surface area contributed by atoms with E-state index in [1.54, 1.807) is 7.11 Å². The maximum Gasteiger partial charge on any atom is 0.122 e. The molecule has 3 nitrogen and oxygen atoms in total. The highest BCUT2D eigenvalue weighted by Gasteiger charge is 2.40. The van der Waals surface area contributed by atoms with Gasteiger partial charge in [-0.1, -0.05) is 25.8 Å². The van der Waals surface area contributed by atoms with Gasteiger partial charge in [0, 0.05) is 0 Å². The maximum atomic E-state index is 5.95. The molecule has 0 aliphatic heterocycles. The molecular formula is C17H28N2O. The molecule has 0 bridgehead atoms. The normalized spacial score (nSPS) is 19.1. The summed E-state index contributed by atoms with van der Waals surface area (Å²) in [6, 6.07) is 4.61. The van der Waals surface area contributed by atoms with E-state index in [1.807, 2.05) is 0 Å². The molecule has 1 fully saturated rings. The predicted octanol–water partition coefficient (Wildman–Crippen LogP) is 3.79. The van der Waals surface area contributed by atoms with Crippen LogP contribution < -0.4 is 16.0 Å². The van der Waals surface area contributed by atoms with Gasteiger partial charge >= 0.3 is 0 Å². The van der Waals surface area contributed by atoms with Gasteiger partial charge in [-0.15, -0.1) is 0 Å². The third-order valence-electron chi connectivity index (χ3n) is 5.18. The topological polar surface area (TPSA) is 47.3 Å². The summed E-state index contributed by atoms with van der Waals surface area (Å²) < 4.78 is 5.42. The van der Waals surface area contributed by atoms with E-state index in [0.29, 0.717) is 5.41 Å². The Morgan fingerprint density at radius 1 is 1.25 bits per heavy atom. The van der Waals surface area contributed by atoms with Crippen LogP contribution in [0.25, 0.3) is 0 Å². The van der Waals surface area contributed by atoms with Gasteiger partial charge < -0.3 is 4.74 Å². The van der Waals surface area contributed by atoms with E-state index in [2.05, 4.69) is 38.3 Å². The van der Waals surface area contributed by atoms with Crippen LogP contribution in [0.1, 0.15) is 61.8 Å². The SMILES string of the molecule is CCC1(C(NN)c2cc(C)c(OC)cc2C)CCCC1. The molecule has 1 aromatic carbocycles. The molecule has 0 saturated heterocycles. The third-order valence-corrected chi connectivity index (χ3v) is 5.18. The van der Waals surface area contributed by atoms with Crippen molar-refractivity contribution in [2.45, 2.75) is 58.9 Å². The Labute approximate surface area is 122 Å². The van der Waals surface area contributed by atoms with Crippen molar-refractivity contribution in [1.29, 1.82) is 0 Å². The summed E-state index contributed by atoms with van der Waals surface area (Å²) in [7, 11) is 1.73. The van der Waals surface area contributed by atoms with Crippen LogP contribution in [-0.2, 0) is 0 Å². The molecule has 1 aromatic rings. The molecule has 0 amide bonds. The Balaban J connectivity index is 2.44. The summed E-state index contributed by atoms with van der Waals surface area (Å²) in [4.78, 5) is 0. The zero-order valence-electron chi connectivity index (χ0n) is 13.3. The molecule has 1 unspecified atom stereocenters. The van der Waals surface area contributed by atoms with Gasteiger partial charge in [-0.05, 0) is 61.3 Å². The average Bonchev–Trinajstić information content (AvgIpc) is 2.93. The first-order valence-corrected chi connectivity index (χ1v) is 7.69. The summed E-state index contributed by atoms with van der Waals surface area (Å²) in [6.45, 7) is 6.55. The Kier molecular flexibility index (Phi) is 4.71. The lowest BCUT2D eigenvalue weighted by Crippen LogP contribution is -2.40. The van der Waals surface area contributed by atoms with Gasteiger partial charge in [0.15, 0.2) is 0 Å². The van der Waals surface area contributed by atoms with Crippen LogP contribution in [0.3, 0.4) is 0 Å². The number of rotatable bonds is 5. The van der Waals surface area contributed by atoms with Gasteiger partial charge in [-0.3, -0.25) is 11.3 Å². The van der Waals surface area contributed by atoms with Crippen molar-refractivity contribution in [3.05, 3.63) is 28.8 Å². The lowest BCUT2D eigenvalue weighted by Gasteiger charge is -2.38. The van der Waals surface area contributed by atoms with E-state index < -0.39 is 0 Å². The standard InChI is InChI=1S/C17H28N2O/c1-5-17(8-6-7-9-17)16(19-18)14-10-13(3)15(20-4)11-12(14)2/h10-11,16,19H,5-9,18H2,1-4H3. The molecule has 3 N–H and O–H groups in total. The highest BCUT2D eigenvalue weighted by molar-refractivity contribution is 5.43. The quantitative estimate of drug-likeness (QED) is 0.635. The van der Waals surface area contributed by atoms with Crippen LogP contribution in [-0.4, -0.2) is 7.11 Å². The van der Waals surface area contributed by atoms with Crippen molar-refractivity contribution in [3.63, 3.8) is 0 Å². The molecule has 0 radical (unpaired) electrons. The van der Waals surface area contributed by atoms with Gasteiger partial charge in [-0.2, -0.15) is 0 Å². The molecule has 3 heteroatoms. The fraction of sp³-hybridized carbons (Fsp3) is 0.647. The van der Waals surface area contributed by atoms with E-state index in [4.69, 9.17) is 10.6 Å². The van der Waals surface area contributed by atoms with Crippen molar-refractivity contribution in [1.82, 2.24) is 5.43 Å². The number of nitrogens with one attached hydrogen (secondary N) is 1. The van der Waals surface area contributed by atoms with Crippen LogP contribution in [0, 0.1) is 19.3 Å². The number of hydrogen-bond acceptors (Lipinski definition) is 3. The van der Waals surface area contributed by atoms with Gasteiger partial charge in [-0.25, -0.2) is 0 Å². The zero-order valence-corrected chi connectivity index (χ0v) is 13.3. The van der Waals surface area contributed by atoms with Gasteiger partial charge in [0.2, 0.25) is 0 Å². The number of hydrazine groups is 1. The number of ether oxygens (including phenoxy) is 1. The molecule has 0 heterocycles. The third kappa shape index (κ3) is 2.57. The van der Waals surface area contributed by atoms with E-state index in [9.17, 15) is 0 Å². The van der Waals surface area contributed by atoms with Crippen molar-refractivity contribution in [3.8, 4) is 5.75 Å². The summed E-state index contributed by atoms with van der Waals surface area (Å²) in [5, 5.41) is 0. The highest BCUT2D eigenvalue weighted by Crippen LogP contribution is 2.50. The van der Waals surface area contributed by atoms with Crippen molar-refractivity contribution in [2.24, 2.45) is 11.3 Å². The molecule has 0 aromatic heterocycles. The molecule has 1 saturated carbocycles. The van der Waals surface area contributed by atoms with Crippen LogP contribution >= 0.6 is 0 Å². The molecule has 1 atom stereocenters. The molecule has 0 spiro atoms. The largest absolute Gasteiger partial charge is 0.496 e. The van der Waals surface area contributed by atoms with Crippen LogP contribution in [0.15, 0.2) is 12.1 Å². The van der Waals surface area contributed by atoms with E-state index in [-0.39, 0.29) is 6.04 Å². The predicted molar refractivity (Wildman–Crippen MR) is 83.7 cm³/mol. The first kappa shape index (κ1) is 15.3. The smallest absolute Gasteiger partial charge is 0.122 e. The number of nitrogens with two attached hydrogens (primary N) is 1. The second kappa shape index (κ2) is 6.15. The number of benzene rings is 1. The first-order chi connectivity index (χ1) is 9.57. The minimum atomic E-state index is 0.236. The monoisotopic (exact) mass is 276 g/mol. The van der Waals surface area contributed by atoms with Crippen molar-refractivity contribution in [2.75, 3.05) is 7.11 Å². The highest BCUT2D eigenvalue weighted by atomic mass is 16.5. The molecule has 20 heavy (non-hydrogen) atoms. The number of methoxy groups -OCH3 is 1. The van der Waals surface area contributed by atoms with Crippen LogP contribution in [0.4, 0.5) is 0 Å². The molecular weight excluding hydrogens is 248 g/mol. The summed E-state index contributed by atoms with van der Waals surface area (Å²) in [5.41, 5.74) is 7.19. The zero-order chi connectivity index (χ0) is 14.8. The number of aryl methyl sites for hydroxylation is 2. The van der Waals surface area contributed by atoms with Gasteiger partial charge in [0.05, 0.1) is 13.2 Å². The van der Waals surface area contributed by atoms with Crippen LogP contribution in [0.2, 0.25) is 0 Å². The average molecular weight is 276 g/mol.